The molecule has 0 aromatic heterocycles. The number of piperidine rings is 1. The molecule has 0 amide bonds. The van der Waals surface area contributed by atoms with Gasteiger partial charge >= 0.3 is 0 Å². The summed E-state index contributed by atoms with van der Waals surface area (Å²) in [6.45, 7) is 8.50. The highest BCUT2D eigenvalue weighted by atomic mass is 16.3. The molecule has 0 aliphatic carbocycles. The van der Waals surface area contributed by atoms with Crippen molar-refractivity contribution in [2.75, 3.05) is 39.3 Å². The van der Waals surface area contributed by atoms with Crippen LogP contribution in [0.5, 0.6) is 5.75 Å². The Hall–Kier alpha value is -2.38. The molecule has 2 atom stereocenters. The molecule has 3 aliphatic rings. The second-order valence-corrected chi connectivity index (χ2v) is 8.47. The molecule has 7 nitrogen and oxygen atoms in total. The number of hydrogen-bond donors (Lipinski definition) is 5. The lowest BCUT2D eigenvalue weighted by Gasteiger charge is -2.49. The van der Waals surface area contributed by atoms with Gasteiger partial charge in [-0.05, 0) is 57.0 Å². The topological polar surface area (TPSA) is 103 Å². The zero-order valence-electron chi connectivity index (χ0n) is 17.3. The van der Waals surface area contributed by atoms with Gasteiger partial charge in [0.2, 0.25) is 0 Å². The molecule has 158 valence electrons. The Morgan fingerprint density at radius 3 is 2.76 bits per heavy atom. The first-order chi connectivity index (χ1) is 14.0. The summed E-state index contributed by atoms with van der Waals surface area (Å²) in [6, 6.07) is 8.11. The number of nitrogens with one attached hydrogen (secondary N) is 2. The van der Waals surface area contributed by atoms with E-state index in [0.29, 0.717) is 29.2 Å². The predicted octanol–water partition coefficient (Wildman–Crippen LogP) is 0.797. The molecule has 29 heavy (non-hydrogen) atoms. The van der Waals surface area contributed by atoms with Crippen LogP contribution < -0.4 is 22.1 Å². The molecule has 0 bridgehead atoms. The lowest BCUT2D eigenvalue weighted by Crippen LogP contribution is -2.61. The van der Waals surface area contributed by atoms with Crippen molar-refractivity contribution < 1.29 is 5.11 Å². The first kappa shape index (κ1) is 19.9. The molecular formula is C22H34N6O. The van der Waals surface area contributed by atoms with E-state index < -0.39 is 0 Å². The van der Waals surface area contributed by atoms with Gasteiger partial charge in [-0.2, -0.15) is 0 Å². The lowest BCUT2D eigenvalue weighted by molar-refractivity contribution is 0.0435. The van der Waals surface area contributed by atoms with Crippen LogP contribution >= 0.6 is 0 Å². The maximum Gasteiger partial charge on any atom is 0.124 e. The van der Waals surface area contributed by atoms with E-state index in [1.807, 2.05) is 18.2 Å². The SMILES string of the molecule is CC(C1CCNCC1)N1CCN2C(/C=C(\N)c3ccccc3O)=C(N)NCC2C1. The molecule has 2 unspecified atom stereocenters. The Balaban J connectivity index is 1.49. The Labute approximate surface area is 173 Å². The monoisotopic (exact) mass is 398 g/mol. The number of allylic oxidation sites excluding steroid dienone is 1. The smallest absolute Gasteiger partial charge is 0.124 e. The van der Waals surface area contributed by atoms with E-state index in [9.17, 15) is 5.11 Å². The average molecular weight is 399 g/mol. The summed E-state index contributed by atoms with van der Waals surface area (Å²) in [7, 11) is 0. The first-order valence-corrected chi connectivity index (χ1v) is 10.7. The summed E-state index contributed by atoms with van der Waals surface area (Å²) in [5.74, 6) is 1.61. The fourth-order valence-electron chi connectivity index (χ4n) is 4.94. The van der Waals surface area contributed by atoms with Crippen LogP contribution in [0.3, 0.4) is 0 Å². The molecule has 2 fully saturated rings. The summed E-state index contributed by atoms with van der Waals surface area (Å²) < 4.78 is 0. The summed E-state index contributed by atoms with van der Waals surface area (Å²) in [4.78, 5) is 5.03. The highest BCUT2D eigenvalue weighted by Crippen LogP contribution is 2.29. The van der Waals surface area contributed by atoms with E-state index in [1.165, 1.54) is 12.8 Å². The van der Waals surface area contributed by atoms with Crippen LogP contribution in [0.25, 0.3) is 5.70 Å². The van der Waals surface area contributed by atoms with Crippen molar-refractivity contribution in [3.63, 3.8) is 0 Å². The zero-order valence-corrected chi connectivity index (χ0v) is 17.3. The number of aromatic hydroxyl groups is 1. The molecule has 7 N–H and O–H groups in total. The Bertz CT molecular complexity index is 785. The molecule has 3 heterocycles. The van der Waals surface area contributed by atoms with Gasteiger partial charge in [0.1, 0.15) is 11.6 Å². The molecule has 3 aliphatic heterocycles. The number of nitrogens with zero attached hydrogens (tertiary/aromatic N) is 2. The highest BCUT2D eigenvalue weighted by Gasteiger charge is 2.35. The zero-order chi connectivity index (χ0) is 20.4. The number of rotatable bonds is 4. The van der Waals surface area contributed by atoms with Crippen LogP contribution in [0.2, 0.25) is 0 Å². The van der Waals surface area contributed by atoms with Gasteiger partial charge in [-0.15, -0.1) is 0 Å². The Morgan fingerprint density at radius 2 is 2.00 bits per heavy atom. The number of para-hydroxylation sites is 1. The molecule has 1 aromatic rings. The summed E-state index contributed by atoms with van der Waals surface area (Å²) >= 11 is 0. The molecule has 1 aromatic carbocycles. The normalized spacial score (nSPS) is 25.5. The van der Waals surface area contributed by atoms with E-state index in [2.05, 4.69) is 27.4 Å². The minimum Gasteiger partial charge on any atom is -0.507 e. The van der Waals surface area contributed by atoms with Crippen molar-refractivity contribution in [2.24, 2.45) is 17.4 Å². The van der Waals surface area contributed by atoms with Gasteiger partial charge in [0.05, 0.1) is 11.7 Å². The van der Waals surface area contributed by atoms with Gasteiger partial charge in [0.15, 0.2) is 0 Å². The van der Waals surface area contributed by atoms with Crippen LogP contribution in [0, 0.1) is 5.92 Å². The van der Waals surface area contributed by atoms with Crippen LogP contribution in [-0.4, -0.2) is 66.3 Å². The van der Waals surface area contributed by atoms with Gasteiger partial charge in [-0.25, -0.2) is 0 Å². The first-order valence-electron chi connectivity index (χ1n) is 10.7. The fourth-order valence-corrected chi connectivity index (χ4v) is 4.94. The highest BCUT2D eigenvalue weighted by molar-refractivity contribution is 5.70. The second kappa shape index (κ2) is 8.55. The van der Waals surface area contributed by atoms with Gasteiger partial charge in [-0.3, -0.25) is 4.90 Å². The molecule has 0 spiro atoms. The standard InChI is InChI=1S/C22H34N6O/c1-15(16-6-8-25-9-7-16)27-10-11-28-17(14-27)13-26-22(24)20(28)12-19(23)18-4-2-3-5-21(18)29/h2-5,12,15-17,25-26,29H,6-11,13-14,23-24H2,1H3/b19-12-. The maximum atomic E-state index is 10.1. The minimum absolute atomic E-state index is 0.182. The third-order valence-electron chi connectivity index (χ3n) is 6.78. The van der Waals surface area contributed by atoms with Crippen molar-refractivity contribution in [2.45, 2.75) is 31.8 Å². The number of piperazine rings is 1. The fraction of sp³-hybridized carbons (Fsp3) is 0.545. The van der Waals surface area contributed by atoms with Crippen molar-refractivity contribution in [1.82, 2.24) is 20.4 Å². The predicted molar refractivity (Wildman–Crippen MR) is 117 cm³/mol. The number of phenols is 1. The van der Waals surface area contributed by atoms with Gasteiger partial charge in [-0.1, -0.05) is 12.1 Å². The third-order valence-corrected chi connectivity index (χ3v) is 6.78. The molecule has 7 heteroatoms. The molecular weight excluding hydrogens is 364 g/mol. The second-order valence-electron chi connectivity index (χ2n) is 8.47. The van der Waals surface area contributed by atoms with Crippen molar-refractivity contribution in [3.05, 3.63) is 47.4 Å². The number of benzene rings is 1. The van der Waals surface area contributed by atoms with Gasteiger partial charge < -0.3 is 32.1 Å². The largest absolute Gasteiger partial charge is 0.507 e. The summed E-state index contributed by atoms with van der Waals surface area (Å²) in [5.41, 5.74) is 14.7. The Kier molecular flexibility index (Phi) is 5.87. The number of fused-ring (bicyclic) bond motifs is 1. The van der Waals surface area contributed by atoms with Crippen LogP contribution in [0.1, 0.15) is 25.3 Å². The van der Waals surface area contributed by atoms with Crippen molar-refractivity contribution in [1.29, 1.82) is 0 Å². The van der Waals surface area contributed by atoms with Crippen LogP contribution in [0.4, 0.5) is 0 Å². The molecule has 2 saturated heterocycles. The number of hydrogen-bond acceptors (Lipinski definition) is 7. The van der Waals surface area contributed by atoms with E-state index >= 15 is 0 Å². The van der Waals surface area contributed by atoms with E-state index in [4.69, 9.17) is 11.5 Å². The van der Waals surface area contributed by atoms with E-state index in [0.717, 1.165) is 50.9 Å². The van der Waals surface area contributed by atoms with Crippen LogP contribution in [-0.2, 0) is 0 Å². The number of phenolic OH excluding ortho intramolecular Hbond substituents is 1. The average Bonchev–Trinajstić information content (AvgIpc) is 2.75. The molecule has 0 radical (unpaired) electrons. The molecule has 4 rings (SSSR count). The maximum absolute atomic E-state index is 10.1. The summed E-state index contributed by atoms with van der Waals surface area (Å²) in [5, 5.41) is 16.9. The number of nitrogens with two attached hydrogens (primary N) is 2. The Morgan fingerprint density at radius 1 is 1.24 bits per heavy atom. The lowest BCUT2D eigenvalue weighted by atomic mass is 9.89. The quantitative estimate of drug-likeness (QED) is 0.511. The van der Waals surface area contributed by atoms with Crippen LogP contribution in [0.15, 0.2) is 41.9 Å². The van der Waals surface area contributed by atoms with Crippen molar-refractivity contribution >= 4 is 5.70 Å². The van der Waals surface area contributed by atoms with E-state index in [1.54, 1.807) is 12.1 Å². The summed E-state index contributed by atoms with van der Waals surface area (Å²) in [6.07, 6.45) is 4.43. The van der Waals surface area contributed by atoms with Crippen molar-refractivity contribution in [3.8, 4) is 5.75 Å². The molecule has 0 saturated carbocycles. The van der Waals surface area contributed by atoms with Gasteiger partial charge in [0, 0.05) is 43.5 Å². The third kappa shape index (κ3) is 4.16. The van der Waals surface area contributed by atoms with Gasteiger partial charge in [0.25, 0.3) is 0 Å². The van der Waals surface area contributed by atoms with E-state index in [-0.39, 0.29) is 5.75 Å². The minimum atomic E-state index is 0.182.